The van der Waals surface area contributed by atoms with Crippen molar-refractivity contribution in [3.8, 4) is 0 Å². The van der Waals surface area contributed by atoms with Gasteiger partial charge in [-0.2, -0.15) is 0 Å². The highest BCUT2D eigenvalue weighted by atomic mass is 16.6. The largest absolute Gasteiger partial charge is 0.444 e. The summed E-state index contributed by atoms with van der Waals surface area (Å²) < 4.78 is 7.41. The normalized spacial score (nSPS) is 15.6. The molecule has 0 aromatic carbocycles. The van der Waals surface area contributed by atoms with E-state index in [1.54, 1.807) is 17.3 Å². The number of pyridine rings is 1. The van der Waals surface area contributed by atoms with Crippen molar-refractivity contribution in [3.05, 3.63) is 47.8 Å². The topological polar surface area (TPSA) is 80.5 Å². The van der Waals surface area contributed by atoms with Crippen LogP contribution in [0.25, 0.3) is 0 Å². The van der Waals surface area contributed by atoms with E-state index in [1.807, 2.05) is 43.7 Å². The zero-order chi connectivity index (χ0) is 18.0. The average Bonchev–Trinajstić information content (AvgIpc) is 2.97. The molecule has 7 nitrogen and oxygen atoms in total. The molecule has 7 heteroatoms. The van der Waals surface area contributed by atoms with Crippen molar-refractivity contribution in [1.82, 2.24) is 19.4 Å². The molecule has 0 saturated heterocycles. The highest BCUT2D eigenvalue weighted by Crippen LogP contribution is 2.21. The van der Waals surface area contributed by atoms with Gasteiger partial charge in [0.2, 0.25) is 0 Å². The van der Waals surface area contributed by atoms with E-state index < -0.39 is 11.7 Å². The van der Waals surface area contributed by atoms with Gasteiger partial charge in [0.15, 0.2) is 0 Å². The maximum Gasteiger partial charge on any atom is 0.410 e. The van der Waals surface area contributed by atoms with E-state index in [-0.39, 0.29) is 6.09 Å². The molecular formula is C18H24N4O3. The fraction of sp³-hybridized carbons (Fsp3) is 0.500. The molecule has 2 aromatic heterocycles. The zero-order valence-electron chi connectivity index (χ0n) is 14.8. The third-order valence-corrected chi connectivity index (χ3v) is 3.99. The molecule has 1 amide bonds. The number of hydrogen-bond donors (Lipinski definition) is 1. The lowest BCUT2D eigenvalue weighted by Crippen LogP contribution is -2.41. The van der Waals surface area contributed by atoms with Crippen LogP contribution in [-0.4, -0.2) is 42.8 Å². The third-order valence-electron chi connectivity index (χ3n) is 3.99. The fourth-order valence-electron chi connectivity index (χ4n) is 2.76. The molecule has 1 unspecified atom stereocenters. The number of carbonyl (C=O) groups excluding carboxylic acids is 1. The number of aliphatic hydroxyl groups is 1. The number of ether oxygens (including phenoxy) is 1. The number of imidazole rings is 1. The molecule has 0 saturated carbocycles. The number of rotatable bonds is 3. The smallest absolute Gasteiger partial charge is 0.410 e. The van der Waals surface area contributed by atoms with Gasteiger partial charge in [-0.05, 0) is 38.5 Å². The SMILES string of the molecule is CC(C)(C)OC(=O)N1CCn2cc(C(O)Cc3ccncc3)nc2C1. The van der Waals surface area contributed by atoms with Gasteiger partial charge in [0.25, 0.3) is 0 Å². The first kappa shape index (κ1) is 17.4. The maximum atomic E-state index is 12.2. The van der Waals surface area contributed by atoms with E-state index in [0.717, 1.165) is 11.4 Å². The van der Waals surface area contributed by atoms with Crippen LogP contribution in [-0.2, 0) is 24.2 Å². The summed E-state index contributed by atoms with van der Waals surface area (Å²) in [4.78, 5) is 22.4. The number of aliphatic hydroxyl groups excluding tert-OH is 1. The first-order chi connectivity index (χ1) is 11.8. The van der Waals surface area contributed by atoms with E-state index in [2.05, 4.69) is 9.97 Å². The van der Waals surface area contributed by atoms with Crippen LogP contribution in [0.1, 0.15) is 44.0 Å². The summed E-state index contributed by atoms with van der Waals surface area (Å²) in [5.41, 5.74) is 1.11. The second-order valence-electron chi connectivity index (χ2n) is 7.25. The van der Waals surface area contributed by atoms with Crippen molar-refractivity contribution in [2.45, 2.75) is 52.0 Å². The minimum Gasteiger partial charge on any atom is -0.444 e. The lowest BCUT2D eigenvalue weighted by atomic mass is 10.1. The molecule has 134 valence electrons. The molecule has 0 aliphatic carbocycles. The van der Waals surface area contributed by atoms with Gasteiger partial charge in [0.1, 0.15) is 17.5 Å². The van der Waals surface area contributed by atoms with Gasteiger partial charge in [-0.15, -0.1) is 0 Å². The summed E-state index contributed by atoms with van der Waals surface area (Å²) in [5.74, 6) is 0.765. The molecule has 25 heavy (non-hydrogen) atoms. The summed E-state index contributed by atoms with van der Waals surface area (Å²) in [7, 11) is 0. The monoisotopic (exact) mass is 344 g/mol. The predicted molar refractivity (Wildman–Crippen MR) is 91.8 cm³/mol. The van der Waals surface area contributed by atoms with Crippen LogP contribution in [0, 0.1) is 0 Å². The lowest BCUT2D eigenvalue weighted by Gasteiger charge is -2.30. The number of aromatic nitrogens is 3. The molecule has 3 rings (SSSR count). The van der Waals surface area contributed by atoms with Crippen LogP contribution < -0.4 is 0 Å². The molecule has 0 bridgehead atoms. The molecule has 0 fully saturated rings. The van der Waals surface area contributed by atoms with Gasteiger partial charge >= 0.3 is 6.09 Å². The van der Waals surface area contributed by atoms with E-state index in [4.69, 9.17) is 4.74 Å². The van der Waals surface area contributed by atoms with Crippen molar-refractivity contribution in [2.24, 2.45) is 0 Å². The number of hydrogen-bond acceptors (Lipinski definition) is 5. The van der Waals surface area contributed by atoms with Crippen molar-refractivity contribution < 1.29 is 14.6 Å². The van der Waals surface area contributed by atoms with Gasteiger partial charge in [-0.25, -0.2) is 9.78 Å². The van der Waals surface area contributed by atoms with Gasteiger partial charge in [0, 0.05) is 38.1 Å². The lowest BCUT2D eigenvalue weighted by molar-refractivity contribution is 0.0195. The minimum atomic E-state index is -0.685. The fourth-order valence-corrected chi connectivity index (χ4v) is 2.76. The Labute approximate surface area is 147 Å². The van der Waals surface area contributed by atoms with Gasteiger partial charge < -0.3 is 14.4 Å². The summed E-state index contributed by atoms with van der Waals surface area (Å²) in [6, 6.07) is 3.76. The van der Waals surface area contributed by atoms with Crippen molar-refractivity contribution >= 4 is 6.09 Å². The maximum absolute atomic E-state index is 12.2. The zero-order valence-corrected chi connectivity index (χ0v) is 14.8. The molecule has 0 radical (unpaired) electrons. The summed E-state index contributed by atoms with van der Waals surface area (Å²) in [6.45, 7) is 7.15. The molecule has 1 aliphatic heterocycles. The van der Waals surface area contributed by atoms with Crippen LogP contribution in [0.3, 0.4) is 0 Å². The van der Waals surface area contributed by atoms with Crippen LogP contribution in [0.2, 0.25) is 0 Å². The average molecular weight is 344 g/mol. The Morgan fingerprint density at radius 3 is 2.72 bits per heavy atom. The number of nitrogens with zero attached hydrogens (tertiary/aromatic N) is 4. The Kier molecular flexibility index (Phi) is 4.76. The van der Waals surface area contributed by atoms with Gasteiger partial charge in [-0.3, -0.25) is 9.88 Å². The van der Waals surface area contributed by atoms with E-state index in [0.29, 0.717) is 31.7 Å². The summed E-state index contributed by atoms with van der Waals surface area (Å²) in [6.07, 6.45) is 4.75. The highest BCUT2D eigenvalue weighted by molar-refractivity contribution is 5.68. The van der Waals surface area contributed by atoms with E-state index in [9.17, 15) is 9.90 Å². The predicted octanol–water partition coefficient (Wildman–Crippen LogP) is 2.30. The molecule has 1 N–H and O–H groups in total. The first-order valence-electron chi connectivity index (χ1n) is 8.43. The van der Waals surface area contributed by atoms with Crippen molar-refractivity contribution in [1.29, 1.82) is 0 Å². The molecular weight excluding hydrogens is 320 g/mol. The first-order valence-corrected chi connectivity index (χ1v) is 8.43. The summed E-state index contributed by atoms with van der Waals surface area (Å²) in [5, 5.41) is 10.4. The second kappa shape index (κ2) is 6.84. The Morgan fingerprint density at radius 1 is 1.32 bits per heavy atom. The highest BCUT2D eigenvalue weighted by Gasteiger charge is 2.27. The Balaban J connectivity index is 1.67. The summed E-state index contributed by atoms with van der Waals surface area (Å²) >= 11 is 0. The Bertz CT molecular complexity index is 737. The van der Waals surface area contributed by atoms with E-state index in [1.165, 1.54) is 0 Å². The van der Waals surface area contributed by atoms with Crippen molar-refractivity contribution in [3.63, 3.8) is 0 Å². The third kappa shape index (κ3) is 4.36. The number of amides is 1. The van der Waals surface area contributed by atoms with Crippen LogP contribution in [0.15, 0.2) is 30.7 Å². The number of fused-ring (bicyclic) bond motifs is 1. The minimum absolute atomic E-state index is 0.333. The molecule has 0 spiro atoms. The quantitative estimate of drug-likeness (QED) is 0.924. The van der Waals surface area contributed by atoms with Gasteiger partial charge in [0.05, 0.1) is 12.2 Å². The van der Waals surface area contributed by atoms with Crippen LogP contribution in [0.4, 0.5) is 4.79 Å². The second-order valence-corrected chi connectivity index (χ2v) is 7.25. The molecule has 3 heterocycles. The Morgan fingerprint density at radius 2 is 2.04 bits per heavy atom. The Hall–Kier alpha value is -2.41. The van der Waals surface area contributed by atoms with E-state index >= 15 is 0 Å². The molecule has 1 aliphatic rings. The number of carbonyl (C=O) groups is 1. The standard InChI is InChI=1S/C18H24N4O3/c1-18(2,3)25-17(24)22-9-8-21-11-14(20-16(21)12-22)15(23)10-13-4-6-19-7-5-13/h4-7,11,15,23H,8-10,12H2,1-3H3. The van der Waals surface area contributed by atoms with Crippen LogP contribution in [0.5, 0.6) is 0 Å². The molecule has 2 aromatic rings. The van der Waals surface area contributed by atoms with Crippen LogP contribution >= 0.6 is 0 Å². The van der Waals surface area contributed by atoms with Crippen molar-refractivity contribution in [2.75, 3.05) is 6.54 Å². The van der Waals surface area contributed by atoms with Gasteiger partial charge in [-0.1, -0.05) is 0 Å². The molecule has 1 atom stereocenters.